The maximum Gasteiger partial charge on any atom is 0.160 e. The zero-order valence-electron chi connectivity index (χ0n) is 21.4. The number of benzene rings is 1. The number of hydrogen-bond acceptors (Lipinski definition) is 6. The molecule has 1 aromatic carbocycles. The number of rotatable bonds is 6. The first-order valence-electron chi connectivity index (χ1n) is 13.2. The largest absolute Gasteiger partial charge is 0.378 e. The summed E-state index contributed by atoms with van der Waals surface area (Å²) in [6.07, 6.45) is 7.49. The van der Waals surface area contributed by atoms with Crippen molar-refractivity contribution in [2.45, 2.75) is 39.5 Å². The van der Waals surface area contributed by atoms with Gasteiger partial charge in [-0.2, -0.15) is 14.7 Å². The molecule has 0 spiro atoms. The van der Waals surface area contributed by atoms with Crippen LogP contribution in [0.2, 0.25) is 0 Å². The Morgan fingerprint density at radius 3 is 2.70 bits per heavy atom. The number of fused-ring (bicyclic) bond motifs is 1. The van der Waals surface area contributed by atoms with Gasteiger partial charge in [-0.15, -0.1) is 0 Å². The lowest BCUT2D eigenvalue weighted by Gasteiger charge is -2.29. The molecule has 8 nitrogen and oxygen atoms in total. The summed E-state index contributed by atoms with van der Waals surface area (Å²) >= 11 is 0. The van der Waals surface area contributed by atoms with Crippen LogP contribution in [0.25, 0.3) is 28.3 Å². The molecule has 0 radical (unpaired) electrons. The SMILES string of the molecule is CCCC1CCC(c2cc3nc(-n4ccc(-c5cccc(C)c5)n4)cc(N4CCOCC4)n3n2)=CC1=O. The van der Waals surface area contributed by atoms with Crippen LogP contribution in [-0.4, -0.2) is 56.5 Å². The van der Waals surface area contributed by atoms with Gasteiger partial charge >= 0.3 is 0 Å². The van der Waals surface area contributed by atoms with Gasteiger partial charge in [0.15, 0.2) is 17.2 Å². The lowest BCUT2D eigenvalue weighted by atomic mass is 9.85. The number of nitrogens with zero attached hydrogens (tertiary/aromatic N) is 6. The number of ketones is 1. The number of carbonyl (C=O) groups is 1. The van der Waals surface area contributed by atoms with Gasteiger partial charge in [-0.05, 0) is 50.0 Å². The Bertz CT molecular complexity index is 1480. The van der Waals surface area contributed by atoms with E-state index in [2.05, 4.69) is 36.9 Å². The third-order valence-corrected chi connectivity index (χ3v) is 7.31. The zero-order chi connectivity index (χ0) is 25.4. The zero-order valence-corrected chi connectivity index (χ0v) is 21.4. The van der Waals surface area contributed by atoms with Gasteiger partial charge in [-0.25, -0.2) is 9.67 Å². The fourth-order valence-electron chi connectivity index (χ4n) is 5.32. The monoisotopic (exact) mass is 496 g/mol. The van der Waals surface area contributed by atoms with E-state index in [0.717, 1.165) is 78.6 Å². The summed E-state index contributed by atoms with van der Waals surface area (Å²) in [5.74, 6) is 2.05. The molecule has 1 aliphatic heterocycles. The molecule has 4 aromatic rings. The summed E-state index contributed by atoms with van der Waals surface area (Å²) < 4.78 is 9.33. The summed E-state index contributed by atoms with van der Waals surface area (Å²) in [4.78, 5) is 19.9. The van der Waals surface area contributed by atoms with Gasteiger partial charge < -0.3 is 9.64 Å². The van der Waals surface area contributed by atoms with Gasteiger partial charge in [0, 0.05) is 42.9 Å². The Morgan fingerprint density at radius 1 is 1.05 bits per heavy atom. The number of allylic oxidation sites excluding steroid dienone is 2. The van der Waals surface area contributed by atoms with Crippen molar-refractivity contribution >= 4 is 22.8 Å². The molecule has 8 heteroatoms. The molecule has 0 amide bonds. The van der Waals surface area contributed by atoms with Gasteiger partial charge in [0.1, 0.15) is 5.82 Å². The highest BCUT2D eigenvalue weighted by Gasteiger charge is 2.25. The smallest absolute Gasteiger partial charge is 0.160 e. The molecule has 0 N–H and O–H groups in total. The summed E-state index contributed by atoms with van der Waals surface area (Å²) in [5, 5.41) is 9.78. The van der Waals surface area contributed by atoms with Crippen molar-refractivity contribution in [3.63, 3.8) is 0 Å². The molecule has 4 heterocycles. The van der Waals surface area contributed by atoms with E-state index < -0.39 is 0 Å². The number of morpholine rings is 1. The molecule has 1 saturated heterocycles. The molecule has 2 aliphatic rings. The molecular weight excluding hydrogens is 464 g/mol. The minimum absolute atomic E-state index is 0.141. The Hall–Kier alpha value is -3.78. The number of hydrogen-bond donors (Lipinski definition) is 0. The van der Waals surface area contributed by atoms with E-state index in [1.54, 1.807) is 0 Å². The topological polar surface area (TPSA) is 77.6 Å². The van der Waals surface area contributed by atoms with Crippen LogP contribution >= 0.6 is 0 Å². The molecule has 1 aliphatic carbocycles. The Balaban J connectivity index is 1.41. The van der Waals surface area contributed by atoms with Crippen molar-refractivity contribution in [1.82, 2.24) is 24.4 Å². The van der Waals surface area contributed by atoms with Crippen LogP contribution in [-0.2, 0) is 9.53 Å². The minimum atomic E-state index is 0.141. The second-order valence-electron chi connectivity index (χ2n) is 9.98. The van der Waals surface area contributed by atoms with E-state index in [1.165, 1.54) is 5.56 Å². The van der Waals surface area contributed by atoms with Crippen LogP contribution in [0.15, 0.2) is 54.7 Å². The number of aromatic nitrogens is 5. The van der Waals surface area contributed by atoms with Crippen LogP contribution in [0.5, 0.6) is 0 Å². The molecule has 1 atom stereocenters. The van der Waals surface area contributed by atoms with Gasteiger partial charge in [0.2, 0.25) is 0 Å². The molecule has 3 aromatic heterocycles. The number of aryl methyl sites for hydroxylation is 1. The predicted octanol–water partition coefficient (Wildman–Crippen LogP) is 4.89. The first kappa shape index (κ1) is 23.6. The quantitative estimate of drug-likeness (QED) is 0.378. The molecule has 1 fully saturated rings. The highest BCUT2D eigenvalue weighted by molar-refractivity contribution is 5.99. The maximum atomic E-state index is 12.7. The van der Waals surface area contributed by atoms with Crippen molar-refractivity contribution in [3.05, 3.63) is 66.0 Å². The molecular formula is C29H32N6O2. The molecule has 190 valence electrons. The standard InChI is InChI=1S/C29H32N6O2/c1-3-5-21-8-9-23(17-26(21)36)25-18-28-30-27(19-29(35(28)32-25)33-12-14-37-15-13-33)34-11-10-24(31-34)22-7-4-6-20(2)16-22/h4,6-7,10-11,16-19,21H,3,5,8-9,12-15H2,1-2H3. The maximum absolute atomic E-state index is 12.7. The van der Waals surface area contributed by atoms with Crippen LogP contribution in [0.3, 0.4) is 0 Å². The van der Waals surface area contributed by atoms with E-state index in [-0.39, 0.29) is 11.7 Å². The van der Waals surface area contributed by atoms with Crippen molar-refractivity contribution in [2.75, 3.05) is 31.2 Å². The average Bonchev–Trinajstić information content (AvgIpc) is 3.58. The highest BCUT2D eigenvalue weighted by atomic mass is 16.5. The van der Waals surface area contributed by atoms with Crippen LogP contribution in [0.1, 0.15) is 43.9 Å². The fraction of sp³-hybridized carbons (Fsp3) is 0.379. The van der Waals surface area contributed by atoms with Crippen LogP contribution in [0.4, 0.5) is 5.82 Å². The molecule has 37 heavy (non-hydrogen) atoms. The number of anilines is 1. The first-order chi connectivity index (χ1) is 18.1. The second kappa shape index (κ2) is 9.94. The molecule has 0 saturated carbocycles. The lowest BCUT2D eigenvalue weighted by molar-refractivity contribution is -0.118. The third-order valence-electron chi connectivity index (χ3n) is 7.31. The number of ether oxygens (including phenoxy) is 1. The van der Waals surface area contributed by atoms with E-state index in [9.17, 15) is 4.79 Å². The molecule has 6 rings (SSSR count). The summed E-state index contributed by atoms with van der Waals surface area (Å²) in [6.45, 7) is 7.12. The molecule has 1 unspecified atom stereocenters. The highest BCUT2D eigenvalue weighted by Crippen LogP contribution is 2.31. The van der Waals surface area contributed by atoms with Crippen molar-refractivity contribution < 1.29 is 9.53 Å². The first-order valence-corrected chi connectivity index (χ1v) is 13.2. The minimum Gasteiger partial charge on any atom is -0.378 e. The van der Waals surface area contributed by atoms with Gasteiger partial charge in [-0.3, -0.25) is 4.79 Å². The Kier molecular flexibility index (Phi) is 6.34. The lowest BCUT2D eigenvalue weighted by Crippen LogP contribution is -2.37. The van der Waals surface area contributed by atoms with Crippen LogP contribution < -0.4 is 4.90 Å². The van der Waals surface area contributed by atoms with E-state index in [4.69, 9.17) is 19.9 Å². The van der Waals surface area contributed by atoms with Crippen LogP contribution in [0, 0.1) is 12.8 Å². The van der Waals surface area contributed by atoms with Gasteiger partial charge in [0.25, 0.3) is 0 Å². The average molecular weight is 497 g/mol. The Morgan fingerprint density at radius 2 is 1.92 bits per heavy atom. The van der Waals surface area contributed by atoms with Crippen molar-refractivity contribution in [1.29, 1.82) is 0 Å². The van der Waals surface area contributed by atoms with E-state index >= 15 is 0 Å². The van der Waals surface area contributed by atoms with E-state index in [1.807, 2.05) is 45.7 Å². The van der Waals surface area contributed by atoms with Gasteiger partial charge in [0.05, 0.1) is 24.6 Å². The Labute approximate surface area is 216 Å². The summed E-state index contributed by atoms with van der Waals surface area (Å²) in [7, 11) is 0. The molecule has 0 bridgehead atoms. The van der Waals surface area contributed by atoms with E-state index in [0.29, 0.717) is 13.2 Å². The normalized spacial score (nSPS) is 18.4. The van der Waals surface area contributed by atoms with Crippen molar-refractivity contribution in [3.8, 4) is 17.1 Å². The van der Waals surface area contributed by atoms with Crippen molar-refractivity contribution in [2.24, 2.45) is 5.92 Å². The number of carbonyl (C=O) groups excluding carboxylic acids is 1. The fourth-order valence-corrected chi connectivity index (χ4v) is 5.32. The van der Waals surface area contributed by atoms with Gasteiger partial charge in [-0.1, -0.05) is 37.1 Å². The predicted molar refractivity (Wildman–Crippen MR) is 144 cm³/mol. The summed E-state index contributed by atoms with van der Waals surface area (Å²) in [5.41, 5.74) is 5.74. The third kappa shape index (κ3) is 4.69. The summed E-state index contributed by atoms with van der Waals surface area (Å²) in [6, 6.07) is 14.4. The second-order valence-corrected chi connectivity index (χ2v) is 9.98.